The molecule has 1 saturated heterocycles. The molecule has 1 aliphatic heterocycles. The zero-order valence-corrected chi connectivity index (χ0v) is 21.3. The second kappa shape index (κ2) is 10.8. The van der Waals surface area contributed by atoms with Crippen molar-refractivity contribution in [3.8, 4) is 11.3 Å². The molecule has 0 radical (unpaired) electrons. The van der Waals surface area contributed by atoms with Gasteiger partial charge in [-0.05, 0) is 49.6 Å². The van der Waals surface area contributed by atoms with Crippen LogP contribution in [0.4, 0.5) is 11.6 Å². The lowest BCUT2D eigenvalue weighted by atomic mass is 10.1. The maximum atomic E-state index is 12.9. The van der Waals surface area contributed by atoms with Gasteiger partial charge in [0.15, 0.2) is 0 Å². The summed E-state index contributed by atoms with van der Waals surface area (Å²) in [6.45, 7) is 2.96. The first-order valence-electron chi connectivity index (χ1n) is 12.4. The number of anilines is 2. The fourth-order valence-corrected chi connectivity index (χ4v) is 4.74. The summed E-state index contributed by atoms with van der Waals surface area (Å²) in [5.41, 5.74) is 9.90. The van der Waals surface area contributed by atoms with Gasteiger partial charge in [0.2, 0.25) is 5.91 Å². The quantitative estimate of drug-likeness (QED) is 0.361. The lowest BCUT2D eigenvalue weighted by Crippen LogP contribution is -2.30. The molecule has 0 spiro atoms. The number of hydrogen-bond donors (Lipinski definition) is 2. The number of rotatable bonds is 7. The number of nitrogens with zero attached hydrogens (tertiary/aromatic N) is 5. The highest BCUT2D eigenvalue weighted by molar-refractivity contribution is 6.04. The number of carbonyl (C=O) groups is 2. The van der Waals surface area contributed by atoms with E-state index in [1.165, 1.54) is 0 Å². The number of fused-ring (bicyclic) bond motifs is 1. The molecule has 1 aromatic carbocycles. The number of amides is 2. The monoisotopic (exact) mass is 511 g/mol. The van der Waals surface area contributed by atoms with Gasteiger partial charge < -0.3 is 20.7 Å². The number of nitrogens with two attached hydrogens (primary N) is 1. The van der Waals surface area contributed by atoms with Gasteiger partial charge in [-0.1, -0.05) is 18.2 Å². The summed E-state index contributed by atoms with van der Waals surface area (Å²) in [6, 6.07) is 10.6. The number of likely N-dealkylation sites (tertiary alicyclic amines) is 1. The Morgan fingerprint density at radius 3 is 2.76 bits per heavy atom. The van der Waals surface area contributed by atoms with Gasteiger partial charge in [0.1, 0.15) is 28.7 Å². The van der Waals surface area contributed by atoms with Crippen LogP contribution in [0.3, 0.4) is 0 Å². The van der Waals surface area contributed by atoms with Gasteiger partial charge in [0.25, 0.3) is 5.91 Å². The van der Waals surface area contributed by atoms with Crippen molar-refractivity contribution >= 4 is 29.0 Å². The molecule has 4 heterocycles. The van der Waals surface area contributed by atoms with Crippen molar-refractivity contribution in [2.45, 2.75) is 25.8 Å². The molecule has 194 valence electrons. The van der Waals surface area contributed by atoms with Crippen molar-refractivity contribution in [2.75, 3.05) is 31.3 Å². The smallest absolute Gasteiger partial charge is 0.256 e. The van der Waals surface area contributed by atoms with E-state index in [-0.39, 0.29) is 17.9 Å². The molecule has 0 bridgehead atoms. The van der Waals surface area contributed by atoms with Gasteiger partial charge in [-0.25, -0.2) is 15.0 Å². The van der Waals surface area contributed by atoms with E-state index in [1.807, 2.05) is 46.7 Å². The summed E-state index contributed by atoms with van der Waals surface area (Å²) in [7, 11) is 1.59. The normalized spacial score (nSPS) is 15.4. The minimum absolute atomic E-state index is 0.0802. The molecule has 1 atom stereocenters. The standard InChI is InChI=1S/C28H29N7O3/c1-18-11-12-30-22(17-18)32-28(37)20-9-7-19(8-10-20)24-25-26(29)31-13-15-35(25)27(33-24)21-5-3-14-34(21)23(36)6-4-16-38-2/h4,6-13,15,17,21H,3,5,14,16H2,1-2H3,(H2,29,31)(H,30,32,37)/b6-4+. The van der Waals surface area contributed by atoms with Gasteiger partial charge >= 0.3 is 0 Å². The number of benzene rings is 1. The largest absolute Gasteiger partial charge is 0.382 e. The highest BCUT2D eigenvalue weighted by Gasteiger charge is 2.33. The Morgan fingerprint density at radius 1 is 1.18 bits per heavy atom. The molecule has 1 unspecified atom stereocenters. The minimum atomic E-state index is -0.257. The van der Waals surface area contributed by atoms with E-state index in [4.69, 9.17) is 15.5 Å². The molecule has 0 aliphatic carbocycles. The van der Waals surface area contributed by atoms with Gasteiger partial charge in [0, 0.05) is 49.4 Å². The van der Waals surface area contributed by atoms with Crippen LogP contribution in [0.15, 0.2) is 67.1 Å². The fraction of sp³-hybridized carbons (Fsp3) is 0.250. The lowest BCUT2D eigenvalue weighted by Gasteiger charge is -2.22. The minimum Gasteiger partial charge on any atom is -0.382 e. The summed E-state index contributed by atoms with van der Waals surface area (Å²) in [5.74, 6) is 1.22. The third kappa shape index (κ3) is 4.98. The van der Waals surface area contributed by atoms with Crippen LogP contribution in [-0.2, 0) is 9.53 Å². The van der Waals surface area contributed by atoms with Gasteiger partial charge in [0.05, 0.1) is 12.6 Å². The Labute approximate surface area is 220 Å². The molecule has 3 aromatic heterocycles. The Kier molecular flexibility index (Phi) is 7.14. The van der Waals surface area contributed by atoms with E-state index < -0.39 is 0 Å². The summed E-state index contributed by atoms with van der Waals surface area (Å²) >= 11 is 0. The van der Waals surface area contributed by atoms with Crippen molar-refractivity contribution in [3.05, 3.63) is 84.1 Å². The summed E-state index contributed by atoms with van der Waals surface area (Å²) in [6.07, 6.45) is 10.0. The Balaban J connectivity index is 1.46. The predicted molar refractivity (Wildman–Crippen MR) is 144 cm³/mol. The third-order valence-electron chi connectivity index (χ3n) is 6.55. The molecule has 1 fully saturated rings. The molecule has 3 N–H and O–H groups in total. The number of ether oxygens (including phenoxy) is 1. The molecule has 0 saturated carbocycles. The van der Waals surface area contributed by atoms with Crippen LogP contribution in [0.5, 0.6) is 0 Å². The third-order valence-corrected chi connectivity index (χ3v) is 6.55. The fourth-order valence-electron chi connectivity index (χ4n) is 4.74. The molecular formula is C28H29N7O3. The van der Waals surface area contributed by atoms with Crippen molar-refractivity contribution in [2.24, 2.45) is 0 Å². The molecule has 5 rings (SSSR count). The van der Waals surface area contributed by atoms with Crippen LogP contribution in [0.25, 0.3) is 16.8 Å². The SMILES string of the molecule is COC/C=C/C(=O)N1CCCC1c1nc(-c2ccc(C(=O)Nc3cc(C)ccn3)cc2)c2c(N)nccn12. The zero-order chi connectivity index (χ0) is 26.6. The molecule has 1 aliphatic rings. The maximum absolute atomic E-state index is 12.9. The van der Waals surface area contributed by atoms with Crippen molar-refractivity contribution in [1.29, 1.82) is 0 Å². The molecule has 38 heavy (non-hydrogen) atoms. The van der Waals surface area contributed by atoms with Crippen LogP contribution >= 0.6 is 0 Å². The summed E-state index contributed by atoms with van der Waals surface area (Å²) < 4.78 is 6.94. The van der Waals surface area contributed by atoms with E-state index in [0.29, 0.717) is 41.6 Å². The van der Waals surface area contributed by atoms with Gasteiger partial charge in [-0.3, -0.25) is 14.0 Å². The molecule has 2 amide bonds. The number of aryl methyl sites for hydroxylation is 1. The first-order valence-corrected chi connectivity index (χ1v) is 12.4. The highest BCUT2D eigenvalue weighted by Crippen LogP contribution is 2.36. The number of nitrogen functional groups attached to an aromatic ring is 1. The van der Waals surface area contributed by atoms with E-state index in [1.54, 1.807) is 43.8 Å². The Hall–Kier alpha value is -4.57. The maximum Gasteiger partial charge on any atom is 0.256 e. The van der Waals surface area contributed by atoms with Crippen LogP contribution in [0.2, 0.25) is 0 Å². The van der Waals surface area contributed by atoms with Gasteiger partial charge in [-0.2, -0.15) is 0 Å². The predicted octanol–water partition coefficient (Wildman–Crippen LogP) is 3.80. The van der Waals surface area contributed by atoms with E-state index in [9.17, 15) is 9.59 Å². The van der Waals surface area contributed by atoms with Crippen molar-refractivity contribution in [1.82, 2.24) is 24.3 Å². The number of methoxy groups -OCH3 is 1. The lowest BCUT2D eigenvalue weighted by molar-refractivity contribution is -0.127. The average molecular weight is 512 g/mol. The first kappa shape index (κ1) is 25.1. The molecular weight excluding hydrogens is 482 g/mol. The Morgan fingerprint density at radius 2 is 2.00 bits per heavy atom. The second-order valence-electron chi connectivity index (χ2n) is 9.15. The number of nitrogens with one attached hydrogen (secondary N) is 1. The van der Waals surface area contributed by atoms with E-state index >= 15 is 0 Å². The average Bonchev–Trinajstić information content (AvgIpc) is 3.55. The highest BCUT2D eigenvalue weighted by atomic mass is 16.5. The Bertz CT molecular complexity index is 1510. The van der Waals surface area contributed by atoms with Crippen LogP contribution in [0.1, 0.15) is 40.6 Å². The summed E-state index contributed by atoms with van der Waals surface area (Å²) in [4.78, 5) is 40.9. The summed E-state index contributed by atoms with van der Waals surface area (Å²) in [5, 5.41) is 2.82. The number of aromatic nitrogens is 4. The number of hydrogen-bond acceptors (Lipinski definition) is 7. The zero-order valence-electron chi connectivity index (χ0n) is 21.3. The second-order valence-corrected chi connectivity index (χ2v) is 9.15. The number of carbonyl (C=O) groups excluding carboxylic acids is 2. The van der Waals surface area contributed by atoms with Crippen LogP contribution in [0, 0.1) is 6.92 Å². The van der Waals surface area contributed by atoms with Crippen molar-refractivity contribution < 1.29 is 14.3 Å². The number of imidazole rings is 1. The topological polar surface area (TPSA) is 128 Å². The van der Waals surface area contributed by atoms with Crippen LogP contribution < -0.4 is 11.1 Å². The first-order chi connectivity index (χ1) is 18.5. The molecule has 10 nitrogen and oxygen atoms in total. The van der Waals surface area contributed by atoms with E-state index in [2.05, 4.69) is 15.3 Å². The van der Waals surface area contributed by atoms with Crippen LogP contribution in [-0.4, -0.2) is 56.3 Å². The van der Waals surface area contributed by atoms with Gasteiger partial charge in [-0.15, -0.1) is 0 Å². The number of pyridine rings is 1. The van der Waals surface area contributed by atoms with E-state index in [0.717, 1.165) is 29.8 Å². The van der Waals surface area contributed by atoms with Crippen molar-refractivity contribution in [3.63, 3.8) is 0 Å². The molecule has 10 heteroatoms. The molecule has 4 aromatic rings.